The number of rotatable bonds is 8. The van der Waals surface area contributed by atoms with E-state index in [1.54, 1.807) is 24.3 Å². The molecule has 0 aromatic heterocycles. The summed E-state index contributed by atoms with van der Waals surface area (Å²) in [6.45, 7) is 1.41. The van der Waals surface area contributed by atoms with Crippen molar-refractivity contribution in [2.45, 2.75) is 50.3 Å². The van der Waals surface area contributed by atoms with Crippen molar-refractivity contribution in [2.75, 3.05) is 25.1 Å². The van der Waals surface area contributed by atoms with E-state index >= 15 is 0 Å². The van der Waals surface area contributed by atoms with Gasteiger partial charge in [-0.2, -0.15) is 5.10 Å². The monoisotopic (exact) mass is 473 g/mol. The Hall–Kier alpha value is -3.07. The SMILES string of the molecule is COc1ccc(OC)c(N(CC(=O)NN=C2CCCCCC2)S(=O)(=O)c2ccc(C)cc2)c1. The number of benzene rings is 2. The standard InChI is InChI=1S/C24H31N3O5S/c1-18-10-13-21(14-11-18)33(29,30)27(22-16-20(31-2)12-15-23(22)32-3)17-24(28)26-25-19-8-6-4-5-7-9-19/h10-16H,4-9,17H2,1-3H3,(H,26,28). The summed E-state index contributed by atoms with van der Waals surface area (Å²) in [6, 6.07) is 11.3. The first kappa shape index (κ1) is 24.6. The number of nitrogens with zero attached hydrogens (tertiary/aromatic N) is 2. The lowest BCUT2D eigenvalue weighted by atomic mass is 10.2. The molecule has 2 aromatic carbocycles. The lowest BCUT2D eigenvalue weighted by Gasteiger charge is -2.25. The molecule has 1 aliphatic carbocycles. The Morgan fingerprint density at radius 1 is 1.00 bits per heavy atom. The van der Waals surface area contributed by atoms with Crippen LogP contribution in [-0.2, 0) is 14.8 Å². The average molecular weight is 474 g/mol. The highest BCUT2D eigenvalue weighted by molar-refractivity contribution is 7.92. The third-order valence-electron chi connectivity index (χ3n) is 5.57. The number of hydrogen-bond donors (Lipinski definition) is 1. The highest BCUT2D eigenvalue weighted by Gasteiger charge is 2.30. The van der Waals surface area contributed by atoms with Crippen molar-refractivity contribution in [3.63, 3.8) is 0 Å². The summed E-state index contributed by atoms with van der Waals surface area (Å²) in [5.74, 6) is 0.204. The smallest absolute Gasteiger partial charge is 0.264 e. The first-order valence-electron chi connectivity index (χ1n) is 11.0. The summed E-state index contributed by atoms with van der Waals surface area (Å²) in [7, 11) is -1.15. The molecule has 0 spiro atoms. The number of carbonyl (C=O) groups excluding carboxylic acids is 1. The van der Waals surface area contributed by atoms with Gasteiger partial charge in [0.2, 0.25) is 0 Å². The van der Waals surface area contributed by atoms with Crippen LogP contribution in [0.3, 0.4) is 0 Å². The molecule has 0 saturated heterocycles. The number of ether oxygens (including phenoxy) is 2. The number of hydrogen-bond acceptors (Lipinski definition) is 6. The summed E-state index contributed by atoms with van der Waals surface area (Å²) in [5, 5.41) is 4.27. The van der Waals surface area contributed by atoms with Crippen LogP contribution in [0.15, 0.2) is 52.5 Å². The molecule has 1 aliphatic rings. The molecule has 9 heteroatoms. The molecule has 0 radical (unpaired) electrons. The number of aryl methyl sites for hydroxylation is 1. The average Bonchev–Trinajstić information content (AvgIpc) is 3.10. The second kappa shape index (κ2) is 11.2. The quantitative estimate of drug-likeness (QED) is 0.461. The third kappa shape index (κ3) is 6.25. The zero-order chi connectivity index (χ0) is 23.8. The largest absolute Gasteiger partial charge is 0.497 e. The second-order valence-corrected chi connectivity index (χ2v) is 9.85. The zero-order valence-corrected chi connectivity index (χ0v) is 20.2. The van der Waals surface area contributed by atoms with Gasteiger partial charge in [-0.3, -0.25) is 9.10 Å². The van der Waals surface area contributed by atoms with Crippen LogP contribution in [-0.4, -0.2) is 40.8 Å². The van der Waals surface area contributed by atoms with Gasteiger partial charge in [-0.05, 0) is 56.9 Å². The molecule has 0 bridgehead atoms. The molecular formula is C24H31N3O5S. The number of hydrazone groups is 1. The number of anilines is 1. The molecule has 33 heavy (non-hydrogen) atoms. The summed E-state index contributed by atoms with van der Waals surface area (Å²) in [5.41, 5.74) is 4.62. The van der Waals surface area contributed by atoms with E-state index < -0.39 is 22.5 Å². The maximum atomic E-state index is 13.6. The molecule has 3 rings (SSSR count). The zero-order valence-electron chi connectivity index (χ0n) is 19.3. The van der Waals surface area contributed by atoms with Crippen LogP contribution in [0, 0.1) is 6.92 Å². The maximum Gasteiger partial charge on any atom is 0.264 e. The fourth-order valence-corrected chi connectivity index (χ4v) is 5.11. The van der Waals surface area contributed by atoms with Gasteiger partial charge in [-0.15, -0.1) is 0 Å². The first-order chi connectivity index (χ1) is 15.8. The molecule has 0 heterocycles. The summed E-state index contributed by atoms with van der Waals surface area (Å²) in [6.07, 6.45) is 6.09. The minimum atomic E-state index is -4.08. The van der Waals surface area contributed by atoms with Gasteiger partial charge >= 0.3 is 0 Å². The predicted octanol–water partition coefficient (Wildman–Crippen LogP) is 4.03. The van der Waals surface area contributed by atoms with Gasteiger partial charge in [-0.25, -0.2) is 13.8 Å². The Morgan fingerprint density at radius 3 is 2.27 bits per heavy atom. The van der Waals surface area contributed by atoms with E-state index in [1.165, 1.54) is 32.4 Å². The maximum absolute atomic E-state index is 13.6. The molecule has 0 unspecified atom stereocenters. The van der Waals surface area contributed by atoms with Crippen LogP contribution in [0.4, 0.5) is 5.69 Å². The number of nitrogens with one attached hydrogen (secondary N) is 1. The van der Waals surface area contributed by atoms with E-state index in [2.05, 4.69) is 10.5 Å². The van der Waals surface area contributed by atoms with E-state index in [9.17, 15) is 13.2 Å². The molecule has 1 saturated carbocycles. The van der Waals surface area contributed by atoms with Crippen LogP contribution in [0.5, 0.6) is 11.5 Å². The van der Waals surface area contributed by atoms with Crippen molar-refractivity contribution in [2.24, 2.45) is 5.10 Å². The Labute approximate surface area is 195 Å². The minimum absolute atomic E-state index is 0.0702. The van der Waals surface area contributed by atoms with Crippen molar-refractivity contribution in [3.05, 3.63) is 48.0 Å². The number of methoxy groups -OCH3 is 2. The number of sulfonamides is 1. The summed E-state index contributed by atoms with van der Waals surface area (Å²) >= 11 is 0. The Morgan fingerprint density at radius 2 is 1.67 bits per heavy atom. The molecule has 8 nitrogen and oxygen atoms in total. The first-order valence-corrected chi connectivity index (χ1v) is 12.4. The predicted molar refractivity (Wildman–Crippen MR) is 129 cm³/mol. The highest BCUT2D eigenvalue weighted by Crippen LogP contribution is 2.35. The number of amides is 1. The van der Waals surface area contributed by atoms with E-state index in [0.29, 0.717) is 11.5 Å². The Bertz CT molecular complexity index is 1090. The van der Waals surface area contributed by atoms with Gasteiger partial charge < -0.3 is 9.47 Å². The van der Waals surface area contributed by atoms with Crippen LogP contribution < -0.4 is 19.2 Å². The van der Waals surface area contributed by atoms with Crippen LogP contribution in [0.1, 0.15) is 44.1 Å². The lowest BCUT2D eigenvalue weighted by Crippen LogP contribution is -2.40. The van der Waals surface area contributed by atoms with E-state index in [1.807, 2.05) is 6.92 Å². The van der Waals surface area contributed by atoms with Gasteiger partial charge in [0.05, 0.1) is 24.8 Å². The molecule has 0 atom stereocenters. The minimum Gasteiger partial charge on any atom is -0.497 e. The lowest BCUT2D eigenvalue weighted by molar-refractivity contribution is -0.119. The van der Waals surface area contributed by atoms with E-state index in [0.717, 1.165) is 54.1 Å². The fourth-order valence-electron chi connectivity index (χ4n) is 3.68. The van der Waals surface area contributed by atoms with E-state index in [4.69, 9.17) is 9.47 Å². The fraction of sp³-hybridized carbons (Fsp3) is 0.417. The highest BCUT2D eigenvalue weighted by atomic mass is 32.2. The summed E-state index contributed by atoms with van der Waals surface area (Å²) in [4.78, 5) is 12.9. The van der Waals surface area contributed by atoms with Gasteiger partial charge in [0.25, 0.3) is 15.9 Å². The second-order valence-electron chi connectivity index (χ2n) is 7.99. The van der Waals surface area contributed by atoms with Crippen molar-refractivity contribution in [1.29, 1.82) is 0 Å². The van der Waals surface area contributed by atoms with Crippen molar-refractivity contribution >= 4 is 27.3 Å². The topological polar surface area (TPSA) is 97.3 Å². The normalized spacial score (nSPS) is 14.2. The molecule has 0 aliphatic heterocycles. The van der Waals surface area contributed by atoms with Gasteiger partial charge in [0.1, 0.15) is 18.0 Å². The van der Waals surface area contributed by atoms with Crippen molar-refractivity contribution in [1.82, 2.24) is 5.43 Å². The van der Waals surface area contributed by atoms with Crippen molar-refractivity contribution in [3.8, 4) is 11.5 Å². The summed E-state index contributed by atoms with van der Waals surface area (Å²) < 4.78 is 38.9. The van der Waals surface area contributed by atoms with Crippen molar-refractivity contribution < 1.29 is 22.7 Å². The van der Waals surface area contributed by atoms with Crippen LogP contribution in [0.25, 0.3) is 0 Å². The molecule has 1 amide bonds. The molecule has 178 valence electrons. The van der Waals surface area contributed by atoms with Crippen LogP contribution >= 0.6 is 0 Å². The molecule has 2 aromatic rings. The number of carbonyl (C=O) groups is 1. The molecule has 1 N–H and O–H groups in total. The Balaban J connectivity index is 1.96. The van der Waals surface area contributed by atoms with E-state index in [-0.39, 0.29) is 10.6 Å². The molecule has 1 fully saturated rings. The van der Waals surface area contributed by atoms with Gasteiger partial charge in [0.15, 0.2) is 0 Å². The van der Waals surface area contributed by atoms with Gasteiger partial charge in [-0.1, -0.05) is 30.5 Å². The third-order valence-corrected chi connectivity index (χ3v) is 7.34. The van der Waals surface area contributed by atoms with Crippen LogP contribution in [0.2, 0.25) is 0 Å². The van der Waals surface area contributed by atoms with Gasteiger partial charge in [0, 0.05) is 11.8 Å². The molecular weight excluding hydrogens is 442 g/mol. The Kier molecular flexibility index (Phi) is 8.32.